The number of benzene rings is 1. The van der Waals surface area contributed by atoms with E-state index in [1.165, 1.54) is 29.3 Å². The zero-order chi connectivity index (χ0) is 7.94. The molecule has 0 radical (unpaired) electrons. The summed E-state index contributed by atoms with van der Waals surface area (Å²) in [4.78, 5) is 0. The van der Waals surface area contributed by atoms with Crippen molar-refractivity contribution in [2.75, 3.05) is 4.43 Å². The van der Waals surface area contributed by atoms with E-state index < -0.39 is 0 Å². The molecule has 0 aliphatic heterocycles. The second-order valence-electron chi connectivity index (χ2n) is 2.63. The Kier molecular flexibility index (Phi) is 8.02. The molecule has 0 fully saturated rings. The van der Waals surface area contributed by atoms with Crippen LogP contribution < -0.4 is 0 Å². The molecule has 0 aliphatic carbocycles. The van der Waals surface area contributed by atoms with Crippen molar-refractivity contribution in [2.24, 2.45) is 0 Å². The van der Waals surface area contributed by atoms with Gasteiger partial charge in [-0.1, -0.05) is 52.9 Å². The summed E-state index contributed by atoms with van der Waals surface area (Å²) in [6.45, 7) is 0. The molecule has 0 unspecified atom stereocenters. The number of unbranched alkanes of at least 4 members (excludes halogenated alkanes) is 1. The van der Waals surface area contributed by atoms with Gasteiger partial charge in [0, 0.05) is 0 Å². The smallest absolute Gasteiger partial charge is 0.000461 e. The SMILES string of the molecule is Cl.ICCCCc1ccccc1. The van der Waals surface area contributed by atoms with Crippen LogP contribution in [0.5, 0.6) is 0 Å². The monoisotopic (exact) mass is 296 g/mol. The van der Waals surface area contributed by atoms with Crippen LogP contribution in [0, 0.1) is 0 Å². The fraction of sp³-hybridized carbons (Fsp3) is 0.400. The lowest BCUT2D eigenvalue weighted by Crippen LogP contribution is -1.84. The van der Waals surface area contributed by atoms with Gasteiger partial charge in [0.05, 0.1) is 0 Å². The summed E-state index contributed by atoms with van der Waals surface area (Å²) in [7, 11) is 0. The van der Waals surface area contributed by atoms with Crippen molar-refractivity contribution in [3.8, 4) is 0 Å². The van der Waals surface area contributed by atoms with E-state index in [1.54, 1.807) is 0 Å². The highest BCUT2D eigenvalue weighted by molar-refractivity contribution is 14.1. The molecule has 1 aromatic carbocycles. The minimum absolute atomic E-state index is 0. The zero-order valence-corrected chi connectivity index (χ0v) is 9.98. The second-order valence-corrected chi connectivity index (χ2v) is 3.71. The molecule has 0 amide bonds. The molecule has 0 saturated carbocycles. The first-order valence-corrected chi connectivity index (χ1v) is 5.56. The molecule has 0 spiro atoms. The Balaban J connectivity index is 0.00000121. The number of hydrogen-bond donors (Lipinski definition) is 0. The molecule has 2 heteroatoms. The van der Waals surface area contributed by atoms with Crippen molar-refractivity contribution in [2.45, 2.75) is 19.3 Å². The Labute approximate surface area is 94.3 Å². The van der Waals surface area contributed by atoms with E-state index in [-0.39, 0.29) is 12.4 Å². The van der Waals surface area contributed by atoms with Crippen molar-refractivity contribution in [3.05, 3.63) is 35.9 Å². The molecule has 0 saturated heterocycles. The van der Waals surface area contributed by atoms with E-state index in [9.17, 15) is 0 Å². The van der Waals surface area contributed by atoms with Crippen LogP contribution in [0.1, 0.15) is 18.4 Å². The molecule has 0 N–H and O–H groups in total. The van der Waals surface area contributed by atoms with Gasteiger partial charge in [0.1, 0.15) is 0 Å². The zero-order valence-electron chi connectivity index (χ0n) is 7.00. The lowest BCUT2D eigenvalue weighted by Gasteiger charge is -1.97. The topological polar surface area (TPSA) is 0 Å². The first kappa shape index (κ1) is 12.2. The third-order valence-electron chi connectivity index (χ3n) is 1.69. The molecule has 0 aliphatic rings. The summed E-state index contributed by atoms with van der Waals surface area (Å²) in [5.74, 6) is 0. The van der Waals surface area contributed by atoms with Crippen LogP contribution in [0.4, 0.5) is 0 Å². The lowest BCUT2D eigenvalue weighted by molar-refractivity contribution is 0.809. The maximum atomic E-state index is 2.43. The summed E-state index contributed by atoms with van der Waals surface area (Å²) < 4.78 is 1.28. The van der Waals surface area contributed by atoms with E-state index in [2.05, 4.69) is 52.9 Å². The van der Waals surface area contributed by atoms with Crippen LogP contribution in [-0.2, 0) is 6.42 Å². The fourth-order valence-electron chi connectivity index (χ4n) is 1.07. The van der Waals surface area contributed by atoms with Crippen molar-refractivity contribution in [1.82, 2.24) is 0 Å². The lowest BCUT2D eigenvalue weighted by atomic mass is 10.1. The third-order valence-corrected chi connectivity index (χ3v) is 2.45. The maximum Gasteiger partial charge on any atom is -0.000461 e. The molecular formula is C10H14ClI. The molecule has 1 rings (SSSR count). The van der Waals surface area contributed by atoms with Gasteiger partial charge in [-0.2, -0.15) is 0 Å². The highest BCUT2D eigenvalue weighted by Gasteiger charge is 1.89. The van der Waals surface area contributed by atoms with Crippen LogP contribution in [0.2, 0.25) is 0 Å². The third kappa shape index (κ3) is 4.99. The Morgan fingerprint density at radius 3 is 2.25 bits per heavy atom. The molecular weight excluding hydrogens is 282 g/mol. The Hall–Kier alpha value is 0.240. The average molecular weight is 297 g/mol. The predicted molar refractivity (Wildman–Crippen MR) is 65.5 cm³/mol. The van der Waals surface area contributed by atoms with Gasteiger partial charge in [0.15, 0.2) is 0 Å². The van der Waals surface area contributed by atoms with Gasteiger partial charge >= 0.3 is 0 Å². The second kappa shape index (κ2) is 7.87. The maximum absolute atomic E-state index is 2.43. The number of hydrogen-bond acceptors (Lipinski definition) is 0. The molecule has 0 aromatic heterocycles. The first-order chi connectivity index (χ1) is 5.43. The summed E-state index contributed by atoms with van der Waals surface area (Å²) >= 11 is 2.43. The summed E-state index contributed by atoms with van der Waals surface area (Å²) in [6.07, 6.45) is 3.91. The predicted octanol–water partition coefficient (Wildman–Crippen LogP) is 3.87. The first-order valence-electron chi connectivity index (χ1n) is 4.03. The number of rotatable bonds is 4. The van der Waals surface area contributed by atoms with Gasteiger partial charge in [-0.25, -0.2) is 0 Å². The molecule has 12 heavy (non-hydrogen) atoms. The van der Waals surface area contributed by atoms with E-state index >= 15 is 0 Å². The highest BCUT2D eigenvalue weighted by atomic mass is 127. The van der Waals surface area contributed by atoms with E-state index in [0.29, 0.717) is 0 Å². The minimum atomic E-state index is 0. The van der Waals surface area contributed by atoms with Crippen LogP contribution in [0.15, 0.2) is 30.3 Å². The largest absolute Gasteiger partial charge is 0.147 e. The van der Waals surface area contributed by atoms with Crippen molar-refractivity contribution in [3.63, 3.8) is 0 Å². The van der Waals surface area contributed by atoms with E-state index in [4.69, 9.17) is 0 Å². The number of halogens is 2. The molecule has 0 bridgehead atoms. The van der Waals surface area contributed by atoms with Gasteiger partial charge in [0.25, 0.3) is 0 Å². The van der Waals surface area contributed by atoms with Crippen LogP contribution in [-0.4, -0.2) is 4.43 Å². The Morgan fingerprint density at radius 1 is 1.00 bits per heavy atom. The highest BCUT2D eigenvalue weighted by Crippen LogP contribution is 2.05. The Morgan fingerprint density at radius 2 is 1.67 bits per heavy atom. The quantitative estimate of drug-likeness (QED) is 0.449. The van der Waals surface area contributed by atoms with Crippen molar-refractivity contribution < 1.29 is 0 Å². The van der Waals surface area contributed by atoms with Crippen LogP contribution >= 0.6 is 35.0 Å². The molecule has 0 nitrogen and oxygen atoms in total. The minimum Gasteiger partial charge on any atom is -0.147 e. The number of aryl methyl sites for hydroxylation is 1. The molecule has 68 valence electrons. The molecule has 0 atom stereocenters. The summed E-state index contributed by atoms with van der Waals surface area (Å²) in [5, 5.41) is 0. The standard InChI is InChI=1S/C10H13I.ClH/c11-9-5-4-8-10-6-2-1-3-7-10;/h1-3,6-7H,4-5,8-9H2;1H. The van der Waals surface area contributed by atoms with E-state index in [1.807, 2.05) is 0 Å². The average Bonchev–Trinajstić information content (AvgIpc) is 2.07. The van der Waals surface area contributed by atoms with E-state index in [0.717, 1.165) is 0 Å². The molecule has 0 heterocycles. The molecule has 1 aromatic rings. The van der Waals surface area contributed by atoms with Gasteiger partial charge in [-0.15, -0.1) is 12.4 Å². The summed E-state index contributed by atoms with van der Waals surface area (Å²) in [5.41, 5.74) is 1.47. The van der Waals surface area contributed by atoms with Crippen LogP contribution in [0.3, 0.4) is 0 Å². The summed E-state index contributed by atoms with van der Waals surface area (Å²) in [6, 6.07) is 10.7. The van der Waals surface area contributed by atoms with Gasteiger partial charge in [-0.05, 0) is 29.3 Å². The van der Waals surface area contributed by atoms with Crippen LogP contribution in [0.25, 0.3) is 0 Å². The Bertz CT molecular complexity index is 186. The van der Waals surface area contributed by atoms with Gasteiger partial charge in [0.2, 0.25) is 0 Å². The van der Waals surface area contributed by atoms with Crippen molar-refractivity contribution in [1.29, 1.82) is 0 Å². The van der Waals surface area contributed by atoms with Gasteiger partial charge < -0.3 is 0 Å². The number of alkyl halides is 1. The van der Waals surface area contributed by atoms with Gasteiger partial charge in [-0.3, -0.25) is 0 Å². The normalized spacial score (nSPS) is 9.08. The van der Waals surface area contributed by atoms with Crippen molar-refractivity contribution >= 4 is 35.0 Å². The fourth-order valence-corrected chi connectivity index (χ4v) is 1.61.